The van der Waals surface area contributed by atoms with E-state index in [1.807, 2.05) is 63.2 Å². The smallest absolute Gasteiger partial charge is 0.407 e. The molecular formula is C31H43N3O4. The van der Waals surface area contributed by atoms with Gasteiger partial charge in [0.1, 0.15) is 0 Å². The molecule has 1 aliphatic carbocycles. The number of Topliss-reactive ketones (excluding diaryl/α,β-unsaturated/α-hetero) is 1. The molecule has 0 heterocycles. The van der Waals surface area contributed by atoms with E-state index >= 15 is 0 Å². The predicted octanol–water partition coefficient (Wildman–Crippen LogP) is 4.88. The molecule has 0 bridgehead atoms. The number of ketones is 1. The minimum absolute atomic E-state index is 0.0645. The molecule has 3 N–H and O–H groups in total. The first-order chi connectivity index (χ1) is 18.2. The van der Waals surface area contributed by atoms with E-state index in [0.29, 0.717) is 24.6 Å². The molecule has 2 aromatic carbocycles. The van der Waals surface area contributed by atoms with E-state index in [4.69, 9.17) is 4.74 Å². The average molecular weight is 522 g/mol. The number of unbranched alkanes of at least 4 members (excludes halogenated alkanes) is 1. The highest BCUT2D eigenvalue weighted by molar-refractivity contribution is 6.37. The van der Waals surface area contributed by atoms with Crippen LogP contribution in [0.5, 0.6) is 0 Å². The van der Waals surface area contributed by atoms with Crippen molar-refractivity contribution >= 4 is 17.8 Å². The number of carbonyl (C=O) groups excluding carboxylic acids is 3. The summed E-state index contributed by atoms with van der Waals surface area (Å²) in [6.45, 7) is 12.3. The van der Waals surface area contributed by atoms with Crippen molar-refractivity contribution in [2.45, 2.75) is 71.9 Å². The molecule has 3 rings (SSSR count). The van der Waals surface area contributed by atoms with Crippen LogP contribution in [0.2, 0.25) is 0 Å². The van der Waals surface area contributed by atoms with Crippen LogP contribution in [0.25, 0.3) is 0 Å². The fraction of sp³-hybridized carbons (Fsp3) is 0.452. The number of aryl methyl sites for hydroxylation is 1. The number of alkyl carbamates (subject to hydrolysis) is 1. The molecule has 0 aromatic heterocycles. The number of amides is 2. The fourth-order valence-corrected chi connectivity index (χ4v) is 4.11. The molecule has 0 saturated carbocycles. The number of nitrogens with one attached hydrogen (secondary N) is 3. The quantitative estimate of drug-likeness (QED) is 0.273. The molecule has 1 atom stereocenters. The zero-order valence-corrected chi connectivity index (χ0v) is 23.2. The lowest BCUT2D eigenvalue weighted by atomic mass is 10.0. The summed E-state index contributed by atoms with van der Waals surface area (Å²) < 4.78 is 5.16. The van der Waals surface area contributed by atoms with Crippen LogP contribution in [0.4, 0.5) is 4.79 Å². The lowest BCUT2D eigenvalue weighted by Crippen LogP contribution is -2.45. The van der Waals surface area contributed by atoms with Crippen LogP contribution >= 0.6 is 0 Å². The standard InChI is InChI=1S/C24H35N3O4.C7H8/c1-5-6-11-31-24(30)27-21(12-16(2)3)17(4)25-15-22(28)23(29)26-20-13-18-9-7-8-10-19(18)14-20;1-7-5-3-2-4-6-7/h7-10,16,20-21,25H,4-6,11-15H2,1-3H3,(H,26,29)(H,27,30);2-6H,1H3. The summed E-state index contributed by atoms with van der Waals surface area (Å²) >= 11 is 0. The summed E-state index contributed by atoms with van der Waals surface area (Å²) in [7, 11) is 0. The Kier molecular flexibility index (Phi) is 13.1. The van der Waals surface area contributed by atoms with Gasteiger partial charge in [0.05, 0.1) is 19.2 Å². The molecule has 0 radical (unpaired) electrons. The average Bonchev–Trinajstić information content (AvgIpc) is 3.29. The predicted molar refractivity (Wildman–Crippen MR) is 152 cm³/mol. The molecule has 0 aliphatic heterocycles. The van der Waals surface area contributed by atoms with E-state index in [-0.39, 0.29) is 12.6 Å². The third-order valence-corrected chi connectivity index (χ3v) is 6.21. The second-order valence-electron chi connectivity index (χ2n) is 10.1. The minimum Gasteiger partial charge on any atom is -0.450 e. The van der Waals surface area contributed by atoms with Crippen molar-refractivity contribution in [3.63, 3.8) is 0 Å². The Bertz CT molecular complexity index is 1030. The van der Waals surface area contributed by atoms with Crippen LogP contribution < -0.4 is 16.0 Å². The zero-order chi connectivity index (χ0) is 27.9. The van der Waals surface area contributed by atoms with Gasteiger partial charge in [-0.2, -0.15) is 0 Å². The highest BCUT2D eigenvalue weighted by Gasteiger charge is 2.25. The number of benzene rings is 2. The van der Waals surface area contributed by atoms with Crippen LogP contribution in [0, 0.1) is 12.8 Å². The summed E-state index contributed by atoms with van der Waals surface area (Å²) in [6, 6.07) is 17.8. The maximum absolute atomic E-state index is 12.3. The van der Waals surface area contributed by atoms with Crippen LogP contribution in [0.3, 0.4) is 0 Å². The Morgan fingerprint density at radius 2 is 1.61 bits per heavy atom. The third-order valence-electron chi connectivity index (χ3n) is 6.21. The van der Waals surface area contributed by atoms with Crippen LogP contribution in [-0.2, 0) is 27.2 Å². The summed E-state index contributed by atoms with van der Waals surface area (Å²) in [5.74, 6) is -0.876. The van der Waals surface area contributed by atoms with Gasteiger partial charge in [0.15, 0.2) is 0 Å². The van der Waals surface area contributed by atoms with E-state index in [2.05, 4.69) is 41.6 Å². The molecule has 0 spiro atoms. The van der Waals surface area contributed by atoms with Crippen molar-refractivity contribution in [1.29, 1.82) is 0 Å². The second-order valence-corrected chi connectivity index (χ2v) is 10.1. The Morgan fingerprint density at radius 3 is 2.13 bits per heavy atom. The van der Waals surface area contributed by atoms with Crippen LogP contribution in [0.15, 0.2) is 66.9 Å². The second kappa shape index (κ2) is 16.3. The number of hydrogen-bond acceptors (Lipinski definition) is 5. The molecule has 1 aliphatic rings. The lowest BCUT2D eigenvalue weighted by molar-refractivity contribution is -0.137. The number of carbonyl (C=O) groups is 3. The number of rotatable bonds is 12. The summed E-state index contributed by atoms with van der Waals surface area (Å²) in [5.41, 5.74) is 4.22. The van der Waals surface area contributed by atoms with Gasteiger partial charge < -0.3 is 20.7 Å². The molecule has 7 heteroatoms. The summed E-state index contributed by atoms with van der Waals surface area (Å²) in [6.07, 6.45) is 3.33. The Hall–Kier alpha value is -3.61. The summed E-state index contributed by atoms with van der Waals surface area (Å²) in [4.78, 5) is 36.7. The van der Waals surface area contributed by atoms with Gasteiger partial charge >= 0.3 is 6.09 Å². The molecule has 2 amide bonds. The minimum atomic E-state index is -0.606. The highest BCUT2D eigenvalue weighted by atomic mass is 16.5. The number of hydrogen-bond donors (Lipinski definition) is 3. The highest BCUT2D eigenvalue weighted by Crippen LogP contribution is 2.21. The Balaban J connectivity index is 0.000000624. The molecule has 206 valence electrons. The van der Waals surface area contributed by atoms with Gasteiger partial charge in [-0.05, 0) is 49.7 Å². The van der Waals surface area contributed by atoms with Gasteiger partial charge in [-0.1, -0.05) is 93.9 Å². The van der Waals surface area contributed by atoms with Crippen molar-refractivity contribution in [3.8, 4) is 0 Å². The fourth-order valence-electron chi connectivity index (χ4n) is 4.11. The van der Waals surface area contributed by atoms with E-state index in [0.717, 1.165) is 25.7 Å². The third kappa shape index (κ3) is 11.2. The first-order valence-corrected chi connectivity index (χ1v) is 13.5. The molecular weight excluding hydrogens is 478 g/mol. The van der Waals surface area contributed by atoms with Crippen LogP contribution in [-0.4, -0.2) is 43.0 Å². The number of fused-ring (bicyclic) bond motifs is 1. The lowest BCUT2D eigenvalue weighted by Gasteiger charge is -2.23. The largest absolute Gasteiger partial charge is 0.450 e. The molecule has 0 fully saturated rings. The maximum atomic E-state index is 12.3. The van der Waals surface area contributed by atoms with Gasteiger partial charge in [0, 0.05) is 11.7 Å². The van der Waals surface area contributed by atoms with Gasteiger partial charge in [-0.15, -0.1) is 0 Å². The molecule has 1 unspecified atom stereocenters. The van der Waals surface area contributed by atoms with Gasteiger partial charge in [0.2, 0.25) is 5.78 Å². The first-order valence-electron chi connectivity index (χ1n) is 13.5. The SMILES string of the molecule is C=C(NCC(=O)C(=O)NC1Cc2ccccc2C1)C(CC(C)C)NC(=O)OCCCC.Cc1ccccc1. The first kappa shape index (κ1) is 30.6. The topological polar surface area (TPSA) is 96.5 Å². The molecule has 38 heavy (non-hydrogen) atoms. The van der Waals surface area contributed by atoms with Gasteiger partial charge in [0.25, 0.3) is 5.91 Å². The van der Waals surface area contributed by atoms with E-state index in [9.17, 15) is 14.4 Å². The van der Waals surface area contributed by atoms with Gasteiger partial charge in [-0.3, -0.25) is 9.59 Å². The molecule has 2 aromatic rings. The van der Waals surface area contributed by atoms with E-state index < -0.39 is 23.8 Å². The van der Waals surface area contributed by atoms with Crippen molar-refractivity contribution in [1.82, 2.24) is 16.0 Å². The van der Waals surface area contributed by atoms with E-state index in [1.165, 1.54) is 16.7 Å². The summed E-state index contributed by atoms with van der Waals surface area (Å²) in [5, 5.41) is 8.53. The van der Waals surface area contributed by atoms with E-state index in [1.54, 1.807) is 0 Å². The molecule has 0 saturated heterocycles. The van der Waals surface area contributed by atoms with Crippen molar-refractivity contribution in [2.75, 3.05) is 13.2 Å². The maximum Gasteiger partial charge on any atom is 0.407 e. The normalized spacial score (nSPS) is 13.0. The zero-order valence-electron chi connectivity index (χ0n) is 23.2. The van der Waals surface area contributed by atoms with Crippen molar-refractivity contribution in [2.24, 2.45) is 5.92 Å². The van der Waals surface area contributed by atoms with Crippen LogP contribution in [0.1, 0.15) is 56.7 Å². The van der Waals surface area contributed by atoms with Gasteiger partial charge in [-0.25, -0.2) is 4.79 Å². The Morgan fingerprint density at radius 1 is 1.00 bits per heavy atom. The number of ether oxygens (including phenoxy) is 1. The monoisotopic (exact) mass is 521 g/mol. The molecule has 7 nitrogen and oxygen atoms in total. The van der Waals surface area contributed by atoms with Crippen molar-refractivity contribution in [3.05, 3.63) is 83.6 Å². The Labute approximate surface area is 227 Å². The van der Waals surface area contributed by atoms with Crippen molar-refractivity contribution < 1.29 is 19.1 Å².